The van der Waals surface area contributed by atoms with Crippen LogP contribution in [0.25, 0.3) is 10.9 Å². The first-order valence-corrected chi connectivity index (χ1v) is 13.9. The first-order valence-electron chi connectivity index (χ1n) is 11.7. The van der Waals surface area contributed by atoms with E-state index in [1.807, 2.05) is 68.0 Å². The number of thioether (sulfide) groups is 2. The van der Waals surface area contributed by atoms with Gasteiger partial charge >= 0.3 is 6.09 Å². The Hall–Kier alpha value is -2.45. The van der Waals surface area contributed by atoms with Gasteiger partial charge < -0.3 is 15.0 Å². The van der Waals surface area contributed by atoms with Crippen LogP contribution in [0.5, 0.6) is 0 Å². The van der Waals surface area contributed by atoms with Crippen LogP contribution in [0.15, 0.2) is 53.7 Å². The maximum Gasteiger partial charge on any atom is 0.410 e. The zero-order chi connectivity index (χ0) is 23.9. The Bertz CT molecular complexity index is 1120. The number of benzene rings is 1. The molecule has 0 saturated carbocycles. The molecule has 1 atom stereocenters. The lowest BCUT2D eigenvalue weighted by atomic mass is 10.2. The summed E-state index contributed by atoms with van der Waals surface area (Å²) in [6, 6.07) is 12.6. The topological polar surface area (TPSA) is 67.4 Å². The maximum atomic E-state index is 11.8. The van der Waals surface area contributed by atoms with Gasteiger partial charge in [-0.15, -0.1) is 11.8 Å². The number of hydrogen-bond acceptors (Lipinski definition) is 7. The summed E-state index contributed by atoms with van der Waals surface area (Å²) in [6.07, 6.45) is 4.73. The molecular formula is C26H32N4O2S2. The summed E-state index contributed by atoms with van der Waals surface area (Å²) in [5, 5.41) is 4.60. The summed E-state index contributed by atoms with van der Waals surface area (Å²) in [4.78, 5) is 24.0. The van der Waals surface area contributed by atoms with Gasteiger partial charge in [-0.2, -0.15) is 11.8 Å². The molecule has 180 valence electrons. The number of pyridine rings is 2. The highest BCUT2D eigenvalue weighted by atomic mass is 32.2. The average Bonchev–Trinajstić information content (AvgIpc) is 3.22. The molecule has 1 N–H and O–H groups in total. The number of nitrogens with one attached hydrogen (secondary N) is 1. The summed E-state index contributed by atoms with van der Waals surface area (Å²) in [5.41, 5.74) is 4.29. The second-order valence-corrected chi connectivity index (χ2v) is 11.0. The van der Waals surface area contributed by atoms with E-state index in [1.54, 1.807) is 4.90 Å². The Morgan fingerprint density at radius 2 is 2.06 bits per heavy atom. The number of rotatable bonds is 11. The molecule has 34 heavy (non-hydrogen) atoms. The number of fused-ring (bicyclic) bond motifs is 1. The molecule has 1 aliphatic rings. The van der Waals surface area contributed by atoms with Crippen LogP contribution in [0.4, 0.5) is 10.5 Å². The molecule has 3 aromatic rings. The van der Waals surface area contributed by atoms with Gasteiger partial charge in [0.2, 0.25) is 0 Å². The van der Waals surface area contributed by atoms with E-state index in [0.717, 1.165) is 46.0 Å². The Morgan fingerprint density at radius 3 is 2.88 bits per heavy atom. The van der Waals surface area contributed by atoms with Crippen molar-refractivity contribution in [3.05, 3.63) is 60.0 Å². The van der Waals surface area contributed by atoms with Crippen LogP contribution in [0.3, 0.4) is 0 Å². The number of aromatic nitrogens is 2. The second kappa shape index (κ2) is 11.8. The lowest BCUT2D eigenvalue weighted by Gasteiger charge is -2.16. The highest BCUT2D eigenvalue weighted by Gasteiger charge is 2.32. The maximum absolute atomic E-state index is 11.8. The number of nitrogens with zero attached hydrogens (tertiary/aromatic N) is 3. The fraction of sp³-hybridized carbons (Fsp3) is 0.423. The Kier molecular flexibility index (Phi) is 8.56. The molecule has 1 saturated heterocycles. The largest absolute Gasteiger partial charge is 0.443 e. The van der Waals surface area contributed by atoms with E-state index in [9.17, 15) is 4.79 Å². The normalized spacial score (nSPS) is 15.8. The SMILES string of the molecule is Cc1c(SCCCSCC2CN(C(C)C)C(=O)O2)ccnc1CNc1cnc2ccccc2c1. The number of para-hydroxylation sites is 1. The Morgan fingerprint density at radius 1 is 1.21 bits per heavy atom. The highest BCUT2D eigenvalue weighted by Crippen LogP contribution is 2.26. The van der Waals surface area contributed by atoms with Crippen LogP contribution < -0.4 is 5.32 Å². The van der Waals surface area contributed by atoms with Crippen molar-refractivity contribution in [2.75, 3.05) is 29.1 Å². The van der Waals surface area contributed by atoms with Gasteiger partial charge in [0.1, 0.15) is 6.10 Å². The monoisotopic (exact) mass is 496 g/mol. The van der Waals surface area contributed by atoms with Crippen LogP contribution in [0.2, 0.25) is 0 Å². The Labute approximate surface area is 210 Å². The lowest BCUT2D eigenvalue weighted by Crippen LogP contribution is -2.32. The first-order chi connectivity index (χ1) is 16.5. The molecule has 4 rings (SSSR count). The van der Waals surface area contributed by atoms with Crippen molar-refractivity contribution >= 4 is 46.2 Å². The second-order valence-electron chi connectivity index (χ2n) is 8.68. The lowest BCUT2D eigenvalue weighted by molar-refractivity contribution is 0.136. The first kappa shape index (κ1) is 24.7. The van der Waals surface area contributed by atoms with Crippen LogP contribution >= 0.6 is 23.5 Å². The van der Waals surface area contributed by atoms with Gasteiger partial charge in [-0.3, -0.25) is 9.97 Å². The fourth-order valence-electron chi connectivity index (χ4n) is 3.85. The van der Waals surface area contributed by atoms with Crippen LogP contribution in [0.1, 0.15) is 31.5 Å². The number of hydrogen-bond donors (Lipinski definition) is 1. The van der Waals surface area contributed by atoms with Gasteiger partial charge in [-0.25, -0.2) is 4.79 Å². The number of amides is 1. The predicted octanol–water partition coefficient (Wildman–Crippen LogP) is 5.99. The minimum atomic E-state index is -0.175. The molecule has 6 nitrogen and oxygen atoms in total. The minimum absolute atomic E-state index is 0.0165. The van der Waals surface area contributed by atoms with Crippen molar-refractivity contribution in [1.29, 1.82) is 0 Å². The molecular weight excluding hydrogens is 464 g/mol. The molecule has 1 fully saturated rings. The van der Waals surface area contributed by atoms with Gasteiger partial charge in [0.25, 0.3) is 0 Å². The molecule has 0 spiro atoms. The summed E-state index contributed by atoms with van der Waals surface area (Å²) < 4.78 is 5.46. The highest BCUT2D eigenvalue weighted by molar-refractivity contribution is 8.00. The zero-order valence-electron chi connectivity index (χ0n) is 20.0. The van der Waals surface area contributed by atoms with E-state index < -0.39 is 0 Å². The summed E-state index contributed by atoms with van der Waals surface area (Å²) in [5.74, 6) is 2.99. The predicted molar refractivity (Wildman–Crippen MR) is 143 cm³/mol. The summed E-state index contributed by atoms with van der Waals surface area (Å²) in [7, 11) is 0. The van der Waals surface area contributed by atoms with Crippen LogP contribution in [0, 0.1) is 6.92 Å². The third-order valence-corrected chi connectivity index (χ3v) is 8.26. The van der Waals surface area contributed by atoms with E-state index in [4.69, 9.17) is 4.74 Å². The molecule has 1 aromatic carbocycles. The molecule has 1 unspecified atom stereocenters. The van der Waals surface area contributed by atoms with Crippen molar-refractivity contribution in [3.63, 3.8) is 0 Å². The van der Waals surface area contributed by atoms with Crippen molar-refractivity contribution in [2.24, 2.45) is 0 Å². The number of carbonyl (C=O) groups is 1. The third kappa shape index (κ3) is 6.36. The average molecular weight is 497 g/mol. The molecule has 0 aliphatic carbocycles. The van der Waals surface area contributed by atoms with E-state index in [-0.39, 0.29) is 18.2 Å². The van der Waals surface area contributed by atoms with Crippen molar-refractivity contribution in [3.8, 4) is 0 Å². The smallest absolute Gasteiger partial charge is 0.410 e. The molecule has 2 aromatic heterocycles. The van der Waals surface area contributed by atoms with Gasteiger partial charge in [0.15, 0.2) is 0 Å². The van der Waals surface area contributed by atoms with E-state index in [1.165, 1.54) is 10.5 Å². The van der Waals surface area contributed by atoms with Gasteiger partial charge in [0.05, 0.1) is 36.2 Å². The van der Waals surface area contributed by atoms with E-state index in [2.05, 4.69) is 40.4 Å². The quantitative estimate of drug-likeness (QED) is 0.258. The number of ether oxygens (including phenoxy) is 1. The van der Waals surface area contributed by atoms with E-state index >= 15 is 0 Å². The van der Waals surface area contributed by atoms with Crippen LogP contribution in [-0.4, -0.2) is 56.9 Å². The van der Waals surface area contributed by atoms with Crippen molar-refractivity contribution < 1.29 is 9.53 Å². The standard InChI is InChI=1S/C26H32N4O2S2/c1-18(2)30-16-22(32-26(30)31)17-33-11-6-12-34-25-9-10-27-24(19(25)3)15-28-21-13-20-7-4-5-8-23(20)29-14-21/h4-5,7-10,13-14,18,22,28H,6,11-12,15-17H2,1-3H3. The fourth-order valence-corrected chi connectivity index (χ4v) is 5.99. The van der Waals surface area contributed by atoms with Crippen LogP contribution in [-0.2, 0) is 11.3 Å². The van der Waals surface area contributed by atoms with Gasteiger partial charge in [0, 0.05) is 28.3 Å². The minimum Gasteiger partial charge on any atom is -0.443 e. The molecule has 8 heteroatoms. The van der Waals surface area contributed by atoms with Gasteiger partial charge in [-0.1, -0.05) is 18.2 Å². The third-order valence-electron chi connectivity index (χ3n) is 5.83. The molecule has 1 amide bonds. The number of carbonyl (C=O) groups excluding carboxylic acids is 1. The molecule has 0 bridgehead atoms. The van der Waals surface area contributed by atoms with Gasteiger partial charge in [-0.05, 0) is 62.5 Å². The number of cyclic esters (lactones) is 1. The Balaban J connectivity index is 1.20. The molecule has 3 heterocycles. The molecule has 1 aliphatic heterocycles. The summed E-state index contributed by atoms with van der Waals surface area (Å²) in [6.45, 7) is 7.58. The zero-order valence-corrected chi connectivity index (χ0v) is 21.6. The van der Waals surface area contributed by atoms with Crippen molar-refractivity contribution in [1.82, 2.24) is 14.9 Å². The number of anilines is 1. The van der Waals surface area contributed by atoms with Crippen molar-refractivity contribution in [2.45, 2.75) is 50.8 Å². The summed E-state index contributed by atoms with van der Waals surface area (Å²) >= 11 is 3.75. The molecule has 0 radical (unpaired) electrons. The van der Waals surface area contributed by atoms with E-state index in [0.29, 0.717) is 13.1 Å².